The third-order valence-corrected chi connectivity index (χ3v) is 1.22. The predicted molar refractivity (Wildman–Crippen MR) is 35.4 cm³/mol. The van der Waals surface area contributed by atoms with Crippen LogP contribution in [0.25, 0.3) is 4.98 Å². The van der Waals surface area contributed by atoms with Crippen LogP contribution in [0.3, 0.4) is 0 Å². The number of benzene rings is 1. The fraction of sp³-hybridized carbons (Fsp3) is 0.143. The molecule has 0 radical (unpaired) electrons. The van der Waals surface area contributed by atoms with Crippen LogP contribution in [0.5, 0.6) is 5.75 Å². The van der Waals surface area contributed by atoms with Crippen molar-refractivity contribution in [3.05, 3.63) is 28.7 Å². The van der Waals surface area contributed by atoms with E-state index in [1.165, 1.54) is 12.1 Å². The standard InChI is InChI=1S/C7H6N2O/c1-5-2-3-6(9-8)7(10)4-5/h2-4H,1H3. The molecule has 3 heteroatoms. The second-order valence-corrected chi connectivity index (χ2v) is 2.07. The molecule has 0 aliphatic heterocycles. The Balaban J connectivity index is 3.23. The Morgan fingerprint density at radius 1 is 1.50 bits per heavy atom. The fourth-order valence-corrected chi connectivity index (χ4v) is 0.704. The third kappa shape index (κ3) is 1.06. The van der Waals surface area contributed by atoms with Crippen molar-refractivity contribution in [3.63, 3.8) is 0 Å². The van der Waals surface area contributed by atoms with Crippen molar-refractivity contribution in [3.8, 4) is 5.75 Å². The normalized spacial score (nSPS) is 8.80. The van der Waals surface area contributed by atoms with Crippen molar-refractivity contribution >= 4 is 5.69 Å². The van der Waals surface area contributed by atoms with Gasteiger partial charge in [0, 0.05) is 6.07 Å². The average molecular weight is 134 g/mol. The summed E-state index contributed by atoms with van der Waals surface area (Å²) >= 11 is 0. The first kappa shape index (κ1) is 6.56. The zero-order valence-electron chi connectivity index (χ0n) is 5.53. The van der Waals surface area contributed by atoms with Gasteiger partial charge in [0.05, 0.1) is 0 Å². The monoisotopic (exact) mass is 134 g/mol. The molecule has 3 nitrogen and oxygen atoms in total. The van der Waals surface area contributed by atoms with E-state index in [1.807, 2.05) is 6.92 Å². The van der Waals surface area contributed by atoms with E-state index < -0.39 is 0 Å². The maximum absolute atomic E-state index is 10.8. The maximum atomic E-state index is 10.8. The summed E-state index contributed by atoms with van der Waals surface area (Å²) in [5.74, 6) is -0.248. The van der Waals surface area contributed by atoms with Crippen molar-refractivity contribution < 1.29 is 5.11 Å². The van der Waals surface area contributed by atoms with Gasteiger partial charge in [0.15, 0.2) is 4.98 Å². The first-order valence-electron chi connectivity index (χ1n) is 2.87. The molecule has 1 rings (SSSR count). The lowest BCUT2D eigenvalue weighted by Crippen LogP contribution is -1.89. The summed E-state index contributed by atoms with van der Waals surface area (Å²) in [7, 11) is 0. The summed E-state index contributed by atoms with van der Waals surface area (Å²) in [5.41, 5.74) is 0.961. The van der Waals surface area contributed by atoms with Crippen molar-refractivity contribution in [1.29, 1.82) is 5.39 Å². The molecule has 0 unspecified atom stereocenters. The number of hydrogen-bond acceptors (Lipinski definition) is 2. The van der Waals surface area contributed by atoms with E-state index in [9.17, 15) is 5.11 Å². The second kappa shape index (κ2) is 2.36. The number of hydrogen-bond donors (Lipinski definition) is 0. The number of aryl methyl sites for hydroxylation is 1. The van der Waals surface area contributed by atoms with Crippen LogP contribution in [0.4, 0.5) is 5.69 Å². The summed E-state index contributed by atoms with van der Waals surface area (Å²) in [5, 5.41) is 19.1. The zero-order valence-corrected chi connectivity index (χ0v) is 5.53. The molecule has 0 bridgehead atoms. The SMILES string of the molecule is Cc1ccc([N+]#N)c([O-])c1. The van der Waals surface area contributed by atoms with Crippen LogP contribution in [-0.2, 0) is 0 Å². The first-order chi connectivity index (χ1) is 4.74. The molecule has 0 N–H and O–H groups in total. The topological polar surface area (TPSA) is 51.2 Å². The Morgan fingerprint density at radius 3 is 2.70 bits per heavy atom. The highest BCUT2D eigenvalue weighted by Crippen LogP contribution is 2.23. The Morgan fingerprint density at radius 2 is 2.20 bits per heavy atom. The predicted octanol–water partition coefficient (Wildman–Crippen LogP) is 1.55. The smallest absolute Gasteiger partial charge is 0.377 e. The summed E-state index contributed by atoms with van der Waals surface area (Å²) in [6.07, 6.45) is 0. The van der Waals surface area contributed by atoms with Gasteiger partial charge in [-0.25, -0.2) is 0 Å². The van der Waals surface area contributed by atoms with Gasteiger partial charge in [-0.2, -0.15) is 0 Å². The molecule has 1 aromatic carbocycles. The molecule has 0 fully saturated rings. The van der Waals surface area contributed by atoms with Crippen LogP contribution >= 0.6 is 0 Å². The molecule has 50 valence electrons. The molecule has 0 heterocycles. The molecule has 1 aromatic rings. The Bertz CT molecular complexity index is 288. The van der Waals surface area contributed by atoms with Gasteiger partial charge in [-0.3, -0.25) is 0 Å². The number of diazo groups is 1. The second-order valence-electron chi connectivity index (χ2n) is 2.07. The molecular weight excluding hydrogens is 128 g/mol. The van der Waals surface area contributed by atoms with Gasteiger partial charge in [-0.1, -0.05) is 17.7 Å². The number of nitrogens with zero attached hydrogens (tertiary/aromatic N) is 2. The van der Waals surface area contributed by atoms with Crippen LogP contribution < -0.4 is 5.11 Å². The van der Waals surface area contributed by atoms with Crippen LogP contribution in [0, 0.1) is 12.3 Å². The Kier molecular flexibility index (Phi) is 1.55. The van der Waals surface area contributed by atoms with Gasteiger partial charge in [0.25, 0.3) is 0 Å². The maximum Gasteiger partial charge on any atom is 0.377 e. The molecule has 0 spiro atoms. The van der Waals surface area contributed by atoms with Crippen molar-refractivity contribution in [2.45, 2.75) is 6.92 Å². The van der Waals surface area contributed by atoms with E-state index in [-0.39, 0.29) is 11.4 Å². The summed E-state index contributed by atoms with van der Waals surface area (Å²) in [6.45, 7) is 1.81. The fourth-order valence-electron chi connectivity index (χ4n) is 0.704. The van der Waals surface area contributed by atoms with Gasteiger partial charge < -0.3 is 5.11 Å². The minimum Gasteiger partial charge on any atom is -0.867 e. The molecule has 0 atom stereocenters. The highest BCUT2D eigenvalue weighted by atomic mass is 16.3. The van der Waals surface area contributed by atoms with Gasteiger partial charge in [-0.15, -0.1) is 0 Å². The largest absolute Gasteiger partial charge is 0.867 e. The molecule has 0 aliphatic rings. The van der Waals surface area contributed by atoms with Gasteiger partial charge in [-0.05, 0) is 12.7 Å². The van der Waals surface area contributed by atoms with Crippen LogP contribution in [0.1, 0.15) is 5.56 Å². The van der Waals surface area contributed by atoms with E-state index >= 15 is 0 Å². The minimum atomic E-state index is -0.248. The van der Waals surface area contributed by atoms with E-state index in [2.05, 4.69) is 4.98 Å². The summed E-state index contributed by atoms with van der Waals surface area (Å²) in [6, 6.07) is 4.63. The van der Waals surface area contributed by atoms with E-state index in [0.717, 1.165) is 5.56 Å². The minimum absolute atomic E-state index is 0.0885. The quantitative estimate of drug-likeness (QED) is 0.505. The molecular formula is C7H6N2O. The van der Waals surface area contributed by atoms with Gasteiger partial charge in [0.2, 0.25) is 5.39 Å². The van der Waals surface area contributed by atoms with Crippen molar-refractivity contribution in [2.75, 3.05) is 0 Å². The average Bonchev–Trinajstić information content (AvgIpc) is 1.88. The van der Waals surface area contributed by atoms with E-state index in [1.54, 1.807) is 6.07 Å². The molecule has 0 aromatic heterocycles. The van der Waals surface area contributed by atoms with E-state index in [4.69, 9.17) is 5.39 Å². The van der Waals surface area contributed by atoms with Gasteiger partial charge in [0.1, 0.15) is 0 Å². The highest BCUT2D eigenvalue weighted by molar-refractivity contribution is 5.56. The lowest BCUT2D eigenvalue weighted by Gasteiger charge is -1.99. The lowest BCUT2D eigenvalue weighted by molar-refractivity contribution is -0.266. The summed E-state index contributed by atoms with van der Waals surface area (Å²) in [4.78, 5) is 2.80. The van der Waals surface area contributed by atoms with Crippen molar-refractivity contribution in [2.24, 2.45) is 0 Å². The van der Waals surface area contributed by atoms with E-state index in [0.29, 0.717) is 0 Å². The van der Waals surface area contributed by atoms with Gasteiger partial charge >= 0.3 is 5.69 Å². The summed E-state index contributed by atoms with van der Waals surface area (Å²) < 4.78 is 0. The molecule has 0 aliphatic carbocycles. The van der Waals surface area contributed by atoms with Crippen LogP contribution in [0.2, 0.25) is 0 Å². The molecule has 10 heavy (non-hydrogen) atoms. The number of rotatable bonds is 0. The first-order valence-corrected chi connectivity index (χ1v) is 2.87. The highest BCUT2D eigenvalue weighted by Gasteiger charge is 2.02. The third-order valence-electron chi connectivity index (χ3n) is 1.22. The molecule has 0 saturated carbocycles. The Hall–Kier alpha value is -1.56. The zero-order chi connectivity index (χ0) is 7.56. The Labute approximate surface area is 58.6 Å². The molecule has 0 saturated heterocycles. The lowest BCUT2D eigenvalue weighted by atomic mass is 10.2. The van der Waals surface area contributed by atoms with Crippen LogP contribution in [-0.4, -0.2) is 0 Å². The van der Waals surface area contributed by atoms with Crippen LogP contribution in [0.15, 0.2) is 18.2 Å². The molecule has 0 amide bonds. The van der Waals surface area contributed by atoms with Crippen molar-refractivity contribution in [1.82, 2.24) is 0 Å².